The second kappa shape index (κ2) is 8.30. The summed E-state index contributed by atoms with van der Waals surface area (Å²) >= 11 is 0. The first-order chi connectivity index (χ1) is 13.8. The molecule has 29 heavy (non-hydrogen) atoms. The Kier molecular flexibility index (Phi) is 6.26. The molecule has 4 aliphatic carbocycles. The molecule has 0 aromatic rings. The Morgan fingerprint density at radius 3 is 2.55 bits per heavy atom. The molecule has 2 heteroatoms. The molecule has 8 atom stereocenters. The van der Waals surface area contributed by atoms with Gasteiger partial charge in [0.05, 0.1) is 0 Å². The van der Waals surface area contributed by atoms with Crippen LogP contribution < -0.4 is 0 Å². The molecule has 0 heterocycles. The Labute approximate surface area is 179 Å². The third-order valence-electron chi connectivity index (χ3n) is 10.6. The number of fused-ring (bicyclic) bond motifs is 5. The molecule has 4 rings (SSSR count). The number of allylic oxidation sites excluding steroid dienone is 2. The van der Waals surface area contributed by atoms with Crippen LogP contribution in [0.3, 0.4) is 0 Å². The average molecular weight is 403 g/mol. The lowest BCUT2D eigenvalue weighted by Crippen LogP contribution is -2.50. The van der Waals surface area contributed by atoms with Crippen LogP contribution >= 0.6 is 0 Å². The zero-order valence-electron chi connectivity index (χ0n) is 19.5. The molecule has 3 saturated carbocycles. The van der Waals surface area contributed by atoms with Gasteiger partial charge in [-0.3, -0.25) is 0 Å². The predicted octanol–water partition coefficient (Wildman–Crippen LogP) is 6.71. The molecule has 0 bridgehead atoms. The fourth-order valence-corrected chi connectivity index (χ4v) is 8.84. The van der Waals surface area contributed by atoms with Gasteiger partial charge in [-0.1, -0.05) is 52.2 Å². The molecule has 0 aromatic carbocycles. The predicted molar refractivity (Wildman–Crippen MR) is 120 cm³/mol. The Bertz CT molecular complexity index is 610. The first-order valence-corrected chi connectivity index (χ1v) is 12.8. The van der Waals surface area contributed by atoms with Gasteiger partial charge in [0.15, 0.2) is 6.29 Å². The topological polar surface area (TPSA) is 40.5 Å². The number of aliphatic hydroxyl groups excluding tert-OH is 1. The van der Waals surface area contributed by atoms with Crippen molar-refractivity contribution in [1.82, 2.24) is 0 Å². The maximum atomic E-state index is 9.36. The van der Waals surface area contributed by atoms with E-state index in [1.165, 1.54) is 64.2 Å². The molecule has 3 fully saturated rings. The van der Waals surface area contributed by atoms with E-state index in [1.807, 2.05) is 12.5 Å². The van der Waals surface area contributed by atoms with Crippen molar-refractivity contribution in [2.75, 3.05) is 0 Å². The monoisotopic (exact) mass is 402 g/mol. The van der Waals surface area contributed by atoms with E-state index in [1.54, 1.807) is 0 Å². The largest absolute Gasteiger partial charge is 0.368 e. The SMILES string of the molecule is CC(CCCC(C)[C@H]1CC[C@H]2[C@@H]3CCC4=CCCC[C@]4(C)[C@H]3CC[C@]12C)C(O)O. The van der Waals surface area contributed by atoms with E-state index in [0.717, 1.165) is 42.4 Å². The Morgan fingerprint density at radius 2 is 1.79 bits per heavy atom. The van der Waals surface area contributed by atoms with Crippen molar-refractivity contribution in [3.8, 4) is 0 Å². The van der Waals surface area contributed by atoms with Gasteiger partial charge in [-0.15, -0.1) is 0 Å². The third-order valence-corrected chi connectivity index (χ3v) is 10.6. The van der Waals surface area contributed by atoms with Gasteiger partial charge in [-0.2, -0.15) is 0 Å². The molecular weight excluding hydrogens is 356 g/mol. The summed E-state index contributed by atoms with van der Waals surface area (Å²) in [5, 5.41) is 18.7. The minimum atomic E-state index is -1.15. The summed E-state index contributed by atoms with van der Waals surface area (Å²) in [6.07, 6.45) is 17.6. The molecule has 0 saturated heterocycles. The summed E-state index contributed by atoms with van der Waals surface area (Å²) in [6.45, 7) is 9.75. The van der Waals surface area contributed by atoms with Crippen molar-refractivity contribution in [2.45, 2.75) is 111 Å². The van der Waals surface area contributed by atoms with Crippen molar-refractivity contribution in [3.05, 3.63) is 11.6 Å². The van der Waals surface area contributed by atoms with Gasteiger partial charge in [-0.05, 0) is 105 Å². The Hall–Kier alpha value is -0.340. The molecule has 2 N–H and O–H groups in total. The van der Waals surface area contributed by atoms with Gasteiger partial charge in [-0.25, -0.2) is 0 Å². The highest BCUT2D eigenvalue weighted by Gasteiger charge is 2.59. The van der Waals surface area contributed by atoms with Gasteiger partial charge in [0.2, 0.25) is 0 Å². The van der Waals surface area contributed by atoms with Gasteiger partial charge >= 0.3 is 0 Å². The van der Waals surface area contributed by atoms with Crippen molar-refractivity contribution in [1.29, 1.82) is 0 Å². The molecule has 4 aliphatic rings. The van der Waals surface area contributed by atoms with Crippen LogP contribution in [0, 0.1) is 46.3 Å². The normalized spacial score (nSPS) is 43.9. The molecule has 0 radical (unpaired) electrons. The Morgan fingerprint density at radius 1 is 1.00 bits per heavy atom. The smallest absolute Gasteiger partial charge is 0.154 e. The van der Waals surface area contributed by atoms with Crippen LogP contribution in [0.5, 0.6) is 0 Å². The molecule has 0 amide bonds. The zero-order chi connectivity index (χ0) is 20.8. The van der Waals surface area contributed by atoms with Crippen LogP contribution in [0.25, 0.3) is 0 Å². The molecule has 2 unspecified atom stereocenters. The zero-order valence-corrected chi connectivity index (χ0v) is 19.5. The Balaban J connectivity index is 1.43. The average Bonchev–Trinajstić information content (AvgIpc) is 3.04. The highest BCUT2D eigenvalue weighted by atomic mass is 16.5. The summed E-state index contributed by atoms with van der Waals surface area (Å²) in [5.41, 5.74) is 2.90. The maximum absolute atomic E-state index is 9.36. The van der Waals surface area contributed by atoms with Gasteiger partial charge in [0.25, 0.3) is 0 Å². The highest BCUT2D eigenvalue weighted by molar-refractivity contribution is 5.23. The number of hydrogen-bond donors (Lipinski definition) is 2. The molecule has 0 spiro atoms. The van der Waals surface area contributed by atoms with Crippen LogP contribution in [-0.2, 0) is 0 Å². The molecule has 0 aromatic heterocycles. The summed E-state index contributed by atoms with van der Waals surface area (Å²) in [7, 11) is 0. The summed E-state index contributed by atoms with van der Waals surface area (Å²) in [6, 6.07) is 0. The molecule has 166 valence electrons. The van der Waals surface area contributed by atoms with Crippen LogP contribution in [-0.4, -0.2) is 16.5 Å². The summed E-state index contributed by atoms with van der Waals surface area (Å²) in [5.74, 6) is 4.52. The molecule has 2 nitrogen and oxygen atoms in total. The van der Waals surface area contributed by atoms with Crippen LogP contribution in [0.2, 0.25) is 0 Å². The second-order valence-electron chi connectivity index (χ2n) is 12.0. The lowest BCUT2D eigenvalue weighted by atomic mass is 9.46. The van der Waals surface area contributed by atoms with Crippen molar-refractivity contribution >= 4 is 0 Å². The van der Waals surface area contributed by atoms with E-state index in [-0.39, 0.29) is 5.92 Å². The van der Waals surface area contributed by atoms with Gasteiger partial charge < -0.3 is 10.2 Å². The highest BCUT2D eigenvalue weighted by Crippen LogP contribution is 2.67. The standard InChI is InChI=1S/C27H46O2/c1-18(8-7-9-19(2)25(28)29)22-13-14-23-21-12-11-20-10-5-6-16-26(20,3)24(21)15-17-27(22,23)4/h10,18-19,21-25,28-29H,5-9,11-17H2,1-4H3/t18?,19?,21-,22+,23-,24-,26-,27+/m0/s1. The van der Waals surface area contributed by atoms with Gasteiger partial charge in [0, 0.05) is 5.92 Å². The van der Waals surface area contributed by atoms with E-state index >= 15 is 0 Å². The van der Waals surface area contributed by atoms with Crippen molar-refractivity contribution in [2.24, 2.45) is 46.3 Å². The third kappa shape index (κ3) is 3.75. The lowest BCUT2D eigenvalue weighted by molar-refractivity contribution is -0.0816. The number of rotatable bonds is 6. The number of aliphatic hydroxyl groups is 2. The van der Waals surface area contributed by atoms with E-state index in [2.05, 4.69) is 26.8 Å². The van der Waals surface area contributed by atoms with Crippen molar-refractivity contribution in [3.63, 3.8) is 0 Å². The maximum Gasteiger partial charge on any atom is 0.154 e. The van der Waals surface area contributed by atoms with E-state index in [4.69, 9.17) is 0 Å². The quantitative estimate of drug-likeness (QED) is 0.383. The van der Waals surface area contributed by atoms with Crippen LogP contribution in [0.15, 0.2) is 11.6 Å². The lowest BCUT2D eigenvalue weighted by Gasteiger charge is -2.58. The fourth-order valence-electron chi connectivity index (χ4n) is 8.84. The fraction of sp³-hybridized carbons (Fsp3) is 0.926. The van der Waals surface area contributed by atoms with E-state index < -0.39 is 6.29 Å². The van der Waals surface area contributed by atoms with E-state index in [0.29, 0.717) is 10.8 Å². The first kappa shape index (κ1) is 21.9. The molecular formula is C27H46O2. The molecule has 0 aliphatic heterocycles. The second-order valence-corrected chi connectivity index (χ2v) is 12.0. The number of hydrogen-bond acceptors (Lipinski definition) is 2. The summed E-state index contributed by atoms with van der Waals surface area (Å²) < 4.78 is 0. The first-order valence-electron chi connectivity index (χ1n) is 12.8. The van der Waals surface area contributed by atoms with Crippen LogP contribution in [0.1, 0.15) is 105 Å². The minimum absolute atomic E-state index is 0.00489. The van der Waals surface area contributed by atoms with Crippen molar-refractivity contribution < 1.29 is 10.2 Å². The van der Waals surface area contributed by atoms with E-state index in [9.17, 15) is 10.2 Å². The summed E-state index contributed by atoms with van der Waals surface area (Å²) in [4.78, 5) is 0. The van der Waals surface area contributed by atoms with Crippen LogP contribution in [0.4, 0.5) is 0 Å². The van der Waals surface area contributed by atoms with Gasteiger partial charge in [0.1, 0.15) is 0 Å². The minimum Gasteiger partial charge on any atom is -0.368 e.